The monoisotopic (exact) mass is 406 g/mol. The fraction of sp³-hybridized carbons (Fsp3) is 0.217. The maximum absolute atomic E-state index is 12.9. The van der Waals surface area contributed by atoms with Gasteiger partial charge in [0.15, 0.2) is 5.17 Å². The summed E-state index contributed by atoms with van der Waals surface area (Å²) in [5.41, 5.74) is 4.26. The molecule has 0 amide bonds. The van der Waals surface area contributed by atoms with Crippen molar-refractivity contribution >= 4 is 28.6 Å². The van der Waals surface area contributed by atoms with E-state index in [1.54, 1.807) is 18.9 Å². The first-order chi connectivity index (χ1) is 14.1. The number of methoxy groups -OCH3 is 1. The molecule has 0 bridgehead atoms. The third kappa shape index (κ3) is 3.56. The lowest BCUT2D eigenvalue weighted by Crippen LogP contribution is -2.36. The first-order valence-corrected chi connectivity index (χ1v) is 10.3. The molecule has 0 saturated carbocycles. The Bertz CT molecular complexity index is 1030. The van der Waals surface area contributed by atoms with E-state index in [-0.39, 0.29) is 12.0 Å². The highest BCUT2D eigenvalue weighted by atomic mass is 32.2. The van der Waals surface area contributed by atoms with E-state index in [0.717, 1.165) is 27.7 Å². The summed E-state index contributed by atoms with van der Waals surface area (Å²) in [4.78, 5) is 19.8. The number of nitrogens with zero attached hydrogens (tertiary/aromatic N) is 2. The molecule has 2 aromatic rings. The van der Waals surface area contributed by atoms with E-state index in [2.05, 4.69) is 22.4 Å². The number of fused-ring (bicyclic) bond motifs is 1. The van der Waals surface area contributed by atoms with Crippen LogP contribution in [-0.2, 0) is 9.53 Å². The maximum Gasteiger partial charge on any atom is 0.338 e. The van der Waals surface area contributed by atoms with Gasteiger partial charge in [-0.3, -0.25) is 0 Å². The minimum Gasteiger partial charge on any atom is -0.497 e. The van der Waals surface area contributed by atoms with Crippen LogP contribution >= 0.6 is 11.8 Å². The Kier molecular flexibility index (Phi) is 5.45. The summed E-state index contributed by atoms with van der Waals surface area (Å²) in [6.45, 7) is 3.99. The van der Waals surface area contributed by atoms with Gasteiger partial charge in [-0.25, -0.2) is 9.79 Å². The second-order valence-corrected chi connectivity index (χ2v) is 7.49. The number of aliphatic imine (C=N–C) groups is 1. The fourth-order valence-corrected chi connectivity index (χ4v) is 4.57. The Morgan fingerprint density at radius 1 is 1.17 bits per heavy atom. The molecule has 1 atom stereocenters. The van der Waals surface area contributed by atoms with Crippen LogP contribution in [0.4, 0.5) is 0 Å². The van der Waals surface area contributed by atoms with Crippen LogP contribution in [0.3, 0.4) is 0 Å². The van der Waals surface area contributed by atoms with E-state index in [0.29, 0.717) is 17.9 Å². The van der Waals surface area contributed by atoms with Crippen LogP contribution in [0.25, 0.3) is 5.70 Å². The Hall–Kier alpha value is -2.99. The van der Waals surface area contributed by atoms with Crippen LogP contribution in [-0.4, -0.2) is 29.8 Å². The van der Waals surface area contributed by atoms with Crippen LogP contribution in [0.1, 0.15) is 31.0 Å². The summed E-state index contributed by atoms with van der Waals surface area (Å²) in [6, 6.07) is 17.6. The number of hydrogen-bond donors (Lipinski definition) is 0. The first-order valence-electron chi connectivity index (χ1n) is 9.46. The van der Waals surface area contributed by atoms with Crippen LogP contribution in [0.2, 0.25) is 0 Å². The van der Waals surface area contributed by atoms with E-state index < -0.39 is 0 Å². The van der Waals surface area contributed by atoms with Crippen molar-refractivity contribution in [1.29, 1.82) is 0 Å². The zero-order chi connectivity index (χ0) is 20.4. The molecule has 0 saturated heterocycles. The predicted octanol–water partition coefficient (Wildman–Crippen LogP) is 4.99. The molecule has 0 fully saturated rings. The molecular weight excluding hydrogens is 384 g/mol. The summed E-state index contributed by atoms with van der Waals surface area (Å²) in [6.07, 6.45) is 0. The zero-order valence-corrected chi connectivity index (χ0v) is 17.4. The molecule has 0 radical (unpaired) electrons. The van der Waals surface area contributed by atoms with Gasteiger partial charge >= 0.3 is 5.97 Å². The van der Waals surface area contributed by atoms with Crippen LogP contribution in [0.15, 0.2) is 76.3 Å². The summed E-state index contributed by atoms with van der Waals surface area (Å²) in [7, 11) is 1.64. The van der Waals surface area contributed by atoms with Gasteiger partial charge in [-0.1, -0.05) is 54.2 Å². The number of rotatable bonds is 5. The van der Waals surface area contributed by atoms with Gasteiger partial charge in [0.05, 0.1) is 36.7 Å². The van der Waals surface area contributed by atoms with Crippen molar-refractivity contribution in [3.05, 3.63) is 82.4 Å². The van der Waals surface area contributed by atoms with Gasteiger partial charge in [-0.2, -0.15) is 0 Å². The normalized spacial score (nSPS) is 18.2. The third-order valence-corrected chi connectivity index (χ3v) is 5.74. The minimum atomic E-state index is -0.349. The fourth-order valence-electron chi connectivity index (χ4n) is 3.60. The summed E-state index contributed by atoms with van der Waals surface area (Å²) in [5.74, 6) is 0.398. The molecule has 148 valence electrons. The minimum absolute atomic E-state index is 0.313. The van der Waals surface area contributed by atoms with E-state index in [9.17, 15) is 4.79 Å². The lowest BCUT2D eigenvalue weighted by Gasteiger charge is -2.36. The van der Waals surface area contributed by atoms with Gasteiger partial charge < -0.3 is 14.4 Å². The van der Waals surface area contributed by atoms with Gasteiger partial charge in [0.2, 0.25) is 0 Å². The average Bonchev–Trinajstić information content (AvgIpc) is 3.17. The highest BCUT2D eigenvalue weighted by Gasteiger charge is 2.41. The molecule has 5 nitrogen and oxygen atoms in total. The maximum atomic E-state index is 12.9. The molecule has 0 N–H and O–H groups in total. The lowest BCUT2D eigenvalue weighted by molar-refractivity contribution is -0.139. The molecule has 0 aromatic heterocycles. The zero-order valence-electron chi connectivity index (χ0n) is 16.6. The third-order valence-electron chi connectivity index (χ3n) is 4.90. The van der Waals surface area contributed by atoms with Crippen molar-refractivity contribution in [3.63, 3.8) is 0 Å². The van der Waals surface area contributed by atoms with Crippen molar-refractivity contribution in [2.45, 2.75) is 19.9 Å². The van der Waals surface area contributed by atoms with Crippen LogP contribution < -0.4 is 4.74 Å². The number of allylic oxidation sites excluding steroid dienone is 1. The highest BCUT2D eigenvalue weighted by molar-refractivity contribution is 8.16. The van der Waals surface area contributed by atoms with Gasteiger partial charge in [0, 0.05) is 5.41 Å². The number of amidine groups is 1. The molecule has 2 aromatic carbocycles. The summed E-state index contributed by atoms with van der Waals surface area (Å²) < 4.78 is 10.8. The Labute approximate surface area is 174 Å². The highest BCUT2D eigenvalue weighted by Crippen LogP contribution is 2.47. The second kappa shape index (κ2) is 8.17. The number of thioether (sulfide) groups is 1. The van der Waals surface area contributed by atoms with E-state index in [1.165, 1.54) is 0 Å². The summed E-state index contributed by atoms with van der Waals surface area (Å²) in [5, 5.41) is 2.94. The Balaban J connectivity index is 1.87. The molecule has 4 rings (SSSR count). The first kappa shape index (κ1) is 19.3. The Morgan fingerprint density at radius 3 is 2.69 bits per heavy atom. The number of carbonyl (C=O) groups is 1. The van der Waals surface area contributed by atoms with Crippen molar-refractivity contribution in [1.82, 2.24) is 4.90 Å². The Morgan fingerprint density at radius 2 is 1.97 bits per heavy atom. The van der Waals surface area contributed by atoms with Crippen molar-refractivity contribution < 1.29 is 14.3 Å². The number of carbonyl (C=O) groups excluding carboxylic acids is 1. The molecule has 2 aliphatic heterocycles. The molecule has 2 heterocycles. The lowest BCUT2D eigenvalue weighted by atomic mass is 9.93. The molecular formula is C23H22N2O3S. The summed E-state index contributed by atoms with van der Waals surface area (Å²) >= 11 is 1.56. The van der Waals surface area contributed by atoms with Gasteiger partial charge in [0.1, 0.15) is 5.75 Å². The van der Waals surface area contributed by atoms with Gasteiger partial charge in [-0.15, -0.1) is 0 Å². The quantitative estimate of drug-likeness (QED) is 0.655. The molecule has 29 heavy (non-hydrogen) atoms. The standard InChI is InChI=1S/C23H22N2O3S/c1-4-28-22(26)20-15(2)24-23-25(19(14-29-23)16-9-6-5-7-10-16)21(20)17-11-8-12-18(13-17)27-3/h5-14,21H,4H2,1-3H3. The SMILES string of the molecule is CCOC(=O)C1=C(C)N=C2SC=C(c3ccccc3)N2C1c1cccc(OC)c1. The van der Waals surface area contributed by atoms with Crippen LogP contribution in [0.5, 0.6) is 5.75 Å². The number of esters is 1. The smallest absolute Gasteiger partial charge is 0.338 e. The number of benzene rings is 2. The number of hydrogen-bond acceptors (Lipinski definition) is 6. The van der Waals surface area contributed by atoms with Crippen molar-refractivity contribution in [2.75, 3.05) is 13.7 Å². The van der Waals surface area contributed by atoms with Gasteiger partial charge in [0.25, 0.3) is 0 Å². The second-order valence-electron chi connectivity index (χ2n) is 6.65. The van der Waals surface area contributed by atoms with Gasteiger partial charge in [-0.05, 0) is 37.1 Å². The average molecular weight is 407 g/mol. The molecule has 1 unspecified atom stereocenters. The number of ether oxygens (including phenoxy) is 2. The van der Waals surface area contributed by atoms with E-state index in [1.807, 2.05) is 56.3 Å². The molecule has 0 spiro atoms. The topological polar surface area (TPSA) is 51.1 Å². The van der Waals surface area contributed by atoms with E-state index >= 15 is 0 Å². The van der Waals surface area contributed by atoms with Crippen molar-refractivity contribution in [3.8, 4) is 5.75 Å². The van der Waals surface area contributed by atoms with Crippen LogP contribution in [0, 0.1) is 0 Å². The predicted molar refractivity (Wildman–Crippen MR) is 116 cm³/mol. The molecule has 6 heteroatoms. The molecule has 0 aliphatic carbocycles. The van der Waals surface area contributed by atoms with E-state index in [4.69, 9.17) is 14.5 Å². The largest absolute Gasteiger partial charge is 0.497 e. The molecule has 2 aliphatic rings. The van der Waals surface area contributed by atoms with Crippen molar-refractivity contribution in [2.24, 2.45) is 4.99 Å².